The monoisotopic (exact) mass is 323 g/mol. The zero-order valence-corrected chi connectivity index (χ0v) is 13.2. The number of aromatic nitrogens is 2. The van der Waals surface area contributed by atoms with Crippen LogP contribution in [0.1, 0.15) is 11.1 Å². The predicted molar refractivity (Wildman–Crippen MR) is 90.4 cm³/mol. The second-order valence-corrected chi connectivity index (χ2v) is 5.54. The summed E-state index contributed by atoms with van der Waals surface area (Å²) in [6, 6.07) is 15.9. The van der Waals surface area contributed by atoms with Crippen molar-refractivity contribution in [1.82, 2.24) is 15.1 Å². The van der Waals surface area contributed by atoms with Gasteiger partial charge in [-0.05, 0) is 41.8 Å². The molecule has 0 spiro atoms. The van der Waals surface area contributed by atoms with E-state index in [1.54, 1.807) is 18.3 Å². The summed E-state index contributed by atoms with van der Waals surface area (Å²) in [5.74, 6) is -0.440. The molecule has 0 bridgehead atoms. The van der Waals surface area contributed by atoms with Crippen molar-refractivity contribution in [2.75, 3.05) is 6.54 Å². The number of hydrogen-bond acceptors (Lipinski definition) is 2. The lowest BCUT2D eigenvalue weighted by Crippen LogP contribution is -2.27. The summed E-state index contributed by atoms with van der Waals surface area (Å²) in [4.78, 5) is 11.9. The average molecular weight is 323 g/mol. The van der Waals surface area contributed by atoms with Crippen LogP contribution in [0.25, 0.3) is 5.69 Å². The van der Waals surface area contributed by atoms with Crippen molar-refractivity contribution >= 4 is 5.91 Å². The molecule has 24 heavy (non-hydrogen) atoms. The van der Waals surface area contributed by atoms with E-state index in [-0.39, 0.29) is 18.1 Å². The van der Waals surface area contributed by atoms with Gasteiger partial charge in [0.15, 0.2) is 0 Å². The van der Waals surface area contributed by atoms with E-state index in [1.165, 1.54) is 12.1 Å². The molecule has 0 saturated heterocycles. The van der Waals surface area contributed by atoms with Gasteiger partial charge in [-0.15, -0.1) is 0 Å². The predicted octanol–water partition coefficient (Wildman–Crippen LogP) is 2.91. The first-order chi connectivity index (χ1) is 11.7. The maximum absolute atomic E-state index is 13.1. The van der Waals surface area contributed by atoms with Gasteiger partial charge in [0.2, 0.25) is 5.91 Å². The molecule has 0 aliphatic carbocycles. The third-order valence-electron chi connectivity index (χ3n) is 3.65. The Hall–Kier alpha value is -2.95. The number of carbonyl (C=O) groups excluding carboxylic acids is 1. The van der Waals surface area contributed by atoms with E-state index in [9.17, 15) is 9.18 Å². The maximum atomic E-state index is 13.1. The minimum atomic E-state index is -0.325. The number of amides is 1. The summed E-state index contributed by atoms with van der Waals surface area (Å²) in [6.07, 6.45) is 4.63. The van der Waals surface area contributed by atoms with Crippen molar-refractivity contribution in [2.45, 2.75) is 12.8 Å². The van der Waals surface area contributed by atoms with E-state index in [4.69, 9.17) is 0 Å². The van der Waals surface area contributed by atoms with Crippen LogP contribution in [0.3, 0.4) is 0 Å². The van der Waals surface area contributed by atoms with Crippen LogP contribution in [0.5, 0.6) is 0 Å². The Morgan fingerprint density at radius 3 is 2.71 bits per heavy atom. The molecule has 0 radical (unpaired) electrons. The van der Waals surface area contributed by atoms with Crippen LogP contribution in [0.2, 0.25) is 0 Å². The maximum Gasteiger partial charge on any atom is 0.224 e. The first-order valence-corrected chi connectivity index (χ1v) is 7.81. The van der Waals surface area contributed by atoms with Crippen LogP contribution >= 0.6 is 0 Å². The van der Waals surface area contributed by atoms with Gasteiger partial charge in [0.25, 0.3) is 0 Å². The summed E-state index contributed by atoms with van der Waals surface area (Å²) in [5, 5.41) is 7.17. The standard InChI is InChI=1S/C19H18FN3O/c20-17-6-4-5-15(11-17)12-19(24)21-10-9-16-13-22-23(14-16)18-7-2-1-3-8-18/h1-8,11,13-14H,9-10,12H2,(H,21,24). The molecule has 0 fully saturated rings. The van der Waals surface area contributed by atoms with Gasteiger partial charge in [-0.2, -0.15) is 5.10 Å². The quantitative estimate of drug-likeness (QED) is 0.758. The zero-order chi connectivity index (χ0) is 16.8. The average Bonchev–Trinajstić information content (AvgIpc) is 3.04. The van der Waals surface area contributed by atoms with Crippen molar-refractivity contribution in [3.63, 3.8) is 0 Å². The Balaban J connectivity index is 1.48. The highest BCUT2D eigenvalue weighted by molar-refractivity contribution is 5.78. The molecular weight excluding hydrogens is 305 g/mol. The van der Waals surface area contributed by atoms with E-state index in [0.717, 1.165) is 11.3 Å². The van der Waals surface area contributed by atoms with Gasteiger partial charge in [0.05, 0.1) is 18.3 Å². The molecule has 0 aliphatic heterocycles. The molecule has 0 aliphatic rings. The topological polar surface area (TPSA) is 46.9 Å². The highest BCUT2D eigenvalue weighted by atomic mass is 19.1. The van der Waals surface area contributed by atoms with Gasteiger partial charge in [0.1, 0.15) is 5.82 Å². The first-order valence-electron chi connectivity index (χ1n) is 7.81. The lowest BCUT2D eigenvalue weighted by Gasteiger charge is -2.04. The van der Waals surface area contributed by atoms with Crippen LogP contribution in [0.15, 0.2) is 67.0 Å². The van der Waals surface area contributed by atoms with E-state index >= 15 is 0 Å². The van der Waals surface area contributed by atoms with Crippen LogP contribution in [0, 0.1) is 5.82 Å². The molecule has 1 N–H and O–H groups in total. The van der Waals surface area contributed by atoms with Gasteiger partial charge < -0.3 is 5.32 Å². The van der Waals surface area contributed by atoms with Crippen molar-refractivity contribution < 1.29 is 9.18 Å². The normalized spacial score (nSPS) is 10.5. The van der Waals surface area contributed by atoms with Crippen LogP contribution in [-0.4, -0.2) is 22.2 Å². The molecule has 3 rings (SSSR count). The molecule has 0 unspecified atom stereocenters. The number of benzene rings is 2. The van der Waals surface area contributed by atoms with Crippen LogP contribution in [0.4, 0.5) is 4.39 Å². The fourth-order valence-corrected chi connectivity index (χ4v) is 2.45. The summed E-state index contributed by atoms with van der Waals surface area (Å²) in [7, 11) is 0. The fourth-order valence-electron chi connectivity index (χ4n) is 2.45. The molecule has 0 saturated carbocycles. The summed E-state index contributed by atoms with van der Waals surface area (Å²) >= 11 is 0. The van der Waals surface area contributed by atoms with E-state index in [0.29, 0.717) is 18.5 Å². The summed E-state index contributed by atoms with van der Waals surface area (Å²) < 4.78 is 14.9. The van der Waals surface area contributed by atoms with Gasteiger partial charge in [-0.1, -0.05) is 30.3 Å². The van der Waals surface area contributed by atoms with Crippen LogP contribution < -0.4 is 5.32 Å². The Bertz CT molecular complexity index is 814. The number of rotatable bonds is 6. The Morgan fingerprint density at radius 1 is 1.08 bits per heavy atom. The van der Waals surface area contributed by atoms with Crippen molar-refractivity contribution in [2.24, 2.45) is 0 Å². The van der Waals surface area contributed by atoms with Gasteiger partial charge in [-0.25, -0.2) is 9.07 Å². The third-order valence-corrected chi connectivity index (χ3v) is 3.65. The minimum absolute atomic E-state index is 0.115. The van der Waals surface area contributed by atoms with Crippen LogP contribution in [-0.2, 0) is 17.6 Å². The molecule has 122 valence electrons. The van der Waals surface area contributed by atoms with Gasteiger partial charge in [0, 0.05) is 12.7 Å². The number of para-hydroxylation sites is 1. The zero-order valence-electron chi connectivity index (χ0n) is 13.2. The Labute approximate surface area is 139 Å². The third kappa shape index (κ3) is 4.29. The lowest BCUT2D eigenvalue weighted by molar-refractivity contribution is -0.120. The Morgan fingerprint density at radius 2 is 1.92 bits per heavy atom. The lowest BCUT2D eigenvalue weighted by atomic mass is 10.1. The van der Waals surface area contributed by atoms with Crippen molar-refractivity contribution in [3.05, 3.63) is 83.9 Å². The fraction of sp³-hybridized carbons (Fsp3) is 0.158. The Kier molecular flexibility index (Phi) is 5.01. The number of carbonyl (C=O) groups is 1. The SMILES string of the molecule is O=C(Cc1cccc(F)c1)NCCc1cnn(-c2ccccc2)c1. The summed E-state index contributed by atoms with van der Waals surface area (Å²) in [5.41, 5.74) is 2.72. The molecule has 4 nitrogen and oxygen atoms in total. The van der Waals surface area contributed by atoms with Crippen molar-refractivity contribution in [1.29, 1.82) is 0 Å². The number of nitrogens with one attached hydrogen (secondary N) is 1. The molecule has 1 aromatic heterocycles. The molecule has 3 aromatic rings. The number of halogens is 1. The molecule has 1 heterocycles. The smallest absolute Gasteiger partial charge is 0.224 e. The second kappa shape index (κ2) is 7.55. The molecule has 5 heteroatoms. The first kappa shape index (κ1) is 15.9. The molecule has 0 atom stereocenters. The van der Waals surface area contributed by atoms with Gasteiger partial charge >= 0.3 is 0 Å². The number of hydrogen-bond donors (Lipinski definition) is 1. The highest BCUT2D eigenvalue weighted by Gasteiger charge is 2.05. The number of nitrogens with zero attached hydrogens (tertiary/aromatic N) is 2. The minimum Gasteiger partial charge on any atom is -0.355 e. The van der Waals surface area contributed by atoms with E-state index in [2.05, 4.69) is 10.4 Å². The van der Waals surface area contributed by atoms with E-state index in [1.807, 2.05) is 41.2 Å². The van der Waals surface area contributed by atoms with Gasteiger partial charge in [-0.3, -0.25) is 4.79 Å². The molecule has 1 amide bonds. The van der Waals surface area contributed by atoms with E-state index < -0.39 is 0 Å². The second-order valence-electron chi connectivity index (χ2n) is 5.54. The summed E-state index contributed by atoms with van der Waals surface area (Å²) in [6.45, 7) is 0.522. The largest absolute Gasteiger partial charge is 0.355 e. The van der Waals surface area contributed by atoms with Crippen molar-refractivity contribution in [3.8, 4) is 5.69 Å². The molecule has 2 aromatic carbocycles. The highest BCUT2D eigenvalue weighted by Crippen LogP contribution is 2.08. The molecular formula is C19H18FN3O.